The molecular weight excluding hydrogens is 262 g/mol. The Morgan fingerprint density at radius 1 is 1.10 bits per heavy atom. The van der Waals surface area contributed by atoms with Crippen LogP contribution in [-0.2, 0) is 6.54 Å². The number of para-hydroxylation sites is 1. The van der Waals surface area contributed by atoms with Crippen LogP contribution in [0.4, 0.5) is 0 Å². The molecule has 0 atom stereocenters. The van der Waals surface area contributed by atoms with E-state index in [9.17, 15) is 0 Å². The number of aryl methyl sites for hydroxylation is 3. The fourth-order valence-electron chi connectivity index (χ4n) is 2.50. The summed E-state index contributed by atoms with van der Waals surface area (Å²) < 4.78 is 8.03. The lowest BCUT2D eigenvalue weighted by Gasteiger charge is -2.10. The maximum Gasteiger partial charge on any atom is 0.247 e. The van der Waals surface area contributed by atoms with Crippen molar-refractivity contribution in [3.8, 4) is 11.6 Å². The van der Waals surface area contributed by atoms with Gasteiger partial charge in [0.15, 0.2) is 5.52 Å². The molecular formula is C17H18N3O. The van der Waals surface area contributed by atoms with Gasteiger partial charge < -0.3 is 9.30 Å². The minimum absolute atomic E-state index is 0.551. The lowest BCUT2D eigenvalue weighted by Crippen LogP contribution is -2.00. The van der Waals surface area contributed by atoms with E-state index in [4.69, 9.17) is 4.74 Å². The van der Waals surface area contributed by atoms with Gasteiger partial charge in [-0.15, -0.1) is 0 Å². The van der Waals surface area contributed by atoms with E-state index < -0.39 is 0 Å². The van der Waals surface area contributed by atoms with Crippen molar-refractivity contribution in [2.45, 2.75) is 27.3 Å². The van der Waals surface area contributed by atoms with Crippen LogP contribution in [0.25, 0.3) is 11.0 Å². The number of ether oxygens (including phenoxy) is 1. The van der Waals surface area contributed by atoms with E-state index in [1.54, 1.807) is 0 Å². The number of imidazole rings is 1. The smallest absolute Gasteiger partial charge is 0.247 e. The summed E-state index contributed by atoms with van der Waals surface area (Å²) in [6.07, 6.45) is 0. The normalized spacial score (nSPS) is 11.0. The van der Waals surface area contributed by atoms with Gasteiger partial charge in [-0.1, -0.05) is 18.2 Å². The zero-order valence-electron chi connectivity index (χ0n) is 12.6. The number of hydrogen-bond acceptors (Lipinski definition) is 3. The molecule has 0 saturated heterocycles. The van der Waals surface area contributed by atoms with Crippen molar-refractivity contribution in [1.29, 1.82) is 0 Å². The molecule has 0 aliphatic rings. The third kappa shape index (κ3) is 2.27. The van der Waals surface area contributed by atoms with Crippen LogP contribution in [-0.4, -0.2) is 14.5 Å². The van der Waals surface area contributed by atoms with Gasteiger partial charge in [0, 0.05) is 12.2 Å². The molecule has 0 spiro atoms. The SMILES string of the molecule is [CH2]Cn1c(C)nc2c(Oc3ccccc3)nc(C)c(C)c21. The van der Waals surface area contributed by atoms with E-state index in [0.29, 0.717) is 12.4 Å². The highest BCUT2D eigenvalue weighted by atomic mass is 16.5. The highest BCUT2D eigenvalue weighted by molar-refractivity contribution is 5.85. The van der Waals surface area contributed by atoms with Crippen LogP contribution in [0.15, 0.2) is 30.3 Å². The summed E-state index contributed by atoms with van der Waals surface area (Å²) in [5, 5.41) is 0. The fourth-order valence-corrected chi connectivity index (χ4v) is 2.50. The Kier molecular flexibility index (Phi) is 3.37. The Hall–Kier alpha value is -2.36. The molecule has 0 saturated carbocycles. The standard InChI is InChI=1S/C17H18N3O/c1-5-20-13(4)19-15-16(20)11(2)12(3)18-17(15)21-14-9-7-6-8-10-14/h6-10H,1,5H2,2-4H3. The minimum Gasteiger partial charge on any atom is -0.437 e. The van der Waals surface area contributed by atoms with Crippen LogP contribution in [0.1, 0.15) is 17.1 Å². The average molecular weight is 280 g/mol. The van der Waals surface area contributed by atoms with E-state index in [-0.39, 0.29) is 0 Å². The van der Waals surface area contributed by atoms with Crippen LogP contribution in [0.5, 0.6) is 11.6 Å². The molecule has 2 aromatic heterocycles. The summed E-state index contributed by atoms with van der Waals surface area (Å²) in [7, 11) is 0. The third-order valence-electron chi connectivity index (χ3n) is 3.71. The molecule has 0 N–H and O–H groups in total. The van der Waals surface area contributed by atoms with E-state index in [1.165, 1.54) is 0 Å². The van der Waals surface area contributed by atoms with Crippen molar-refractivity contribution in [3.05, 3.63) is 54.3 Å². The first-order valence-electron chi connectivity index (χ1n) is 6.98. The van der Waals surface area contributed by atoms with Gasteiger partial charge in [-0.05, 0) is 45.4 Å². The maximum atomic E-state index is 5.93. The summed E-state index contributed by atoms with van der Waals surface area (Å²) in [4.78, 5) is 9.18. The molecule has 3 aromatic rings. The second-order valence-electron chi connectivity index (χ2n) is 5.05. The fraction of sp³-hybridized carbons (Fsp3) is 0.235. The molecule has 0 aliphatic carbocycles. The topological polar surface area (TPSA) is 39.9 Å². The van der Waals surface area contributed by atoms with Crippen LogP contribution >= 0.6 is 0 Å². The predicted octanol–water partition coefficient (Wildman–Crippen LogP) is 3.98. The van der Waals surface area contributed by atoms with Crippen molar-refractivity contribution in [2.24, 2.45) is 0 Å². The summed E-state index contributed by atoms with van der Waals surface area (Å²) >= 11 is 0. The highest BCUT2D eigenvalue weighted by Gasteiger charge is 2.17. The molecule has 0 amide bonds. The van der Waals surface area contributed by atoms with Crippen molar-refractivity contribution >= 4 is 11.0 Å². The zero-order chi connectivity index (χ0) is 15.0. The molecule has 0 fully saturated rings. The third-order valence-corrected chi connectivity index (χ3v) is 3.71. The number of rotatable bonds is 3. The first-order valence-corrected chi connectivity index (χ1v) is 6.98. The predicted molar refractivity (Wildman–Crippen MR) is 83.6 cm³/mol. The second-order valence-corrected chi connectivity index (χ2v) is 5.05. The number of benzene rings is 1. The van der Waals surface area contributed by atoms with Crippen LogP contribution in [0.3, 0.4) is 0 Å². The van der Waals surface area contributed by atoms with Crippen LogP contribution in [0.2, 0.25) is 0 Å². The number of fused-ring (bicyclic) bond motifs is 1. The molecule has 2 heterocycles. The van der Waals surface area contributed by atoms with E-state index >= 15 is 0 Å². The molecule has 1 radical (unpaired) electrons. The monoisotopic (exact) mass is 280 g/mol. The van der Waals surface area contributed by atoms with Gasteiger partial charge in [0.05, 0.1) is 5.52 Å². The number of nitrogens with zero attached hydrogens (tertiary/aromatic N) is 3. The Balaban J connectivity index is 2.22. The van der Waals surface area contributed by atoms with Crippen molar-refractivity contribution < 1.29 is 4.74 Å². The highest BCUT2D eigenvalue weighted by Crippen LogP contribution is 2.31. The Morgan fingerprint density at radius 2 is 1.81 bits per heavy atom. The van der Waals surface area contributed by atoms with Gasteiger partial charge >= 0.3 is 0 Å². The van der Waals surface area contributed by atoms with Crippen molar-refractivity contribution in [2.75, 3.05) is 0 Å². The van der Waals surface area contributed by atoms with Crippen LogP contribution < -0.4 is 4.74 Å². The summed E-state index contributed by atoms with van der Waals surface area (Å²) in [6, 6.07) is 9.65. The summed E-state index contributed by atoms with van der Waals surface area (Å²) in [5.41, 5.74) is 3.92. The first-order chi connectivity index (χ1) is 10.1. The van der Waals surface area contributed by atoms with Crippen LogP contribution in [0, 0.1) is 27.7 Å². The molecule has 4 heteroatoms. The molecule has 0 bridgehead atoms. The molecule has 0 aliphatic heterocycles. The lowest BCUT2D eigenvalue weighted by atomic mass is 10.2. The summed E-state index contributed by atoms with van der Waals surface area (Å²) in [5.74, 6) is 2.24. The first kappa shape index (κ1) is 13.6. The maximum absolute atomic E-state index is 5.93. The molecule has 3 rings (SSSR count). The van der Waals surface area contributed by atoms with Gasteiger partial charge in [-0.3, -0.25) is 0 Å². The minimum atomic E-state index is 0.551. The van der Waals surface area contributed by atoms with Crippen molar-refractivity contribution in [1.82, 2.24) is 14.5 Å². The van der Waals surface area contributed by atoms with Gasteiger partial charge in [0.2, 0.25) is 5.88 Å². The molecule has 21 heavy (non-hydrogen) atoms. The largest absolute Gasteiger partial charge is 0.437 e. The average Bonchev–Trinajstić information content (AvgIpc) is 2.82. The van der Waals surface area contributed by atoms with Gasteiger partial charge in [0.25, 0.3) is 0 Å². The Bertz CT molecular complexity index is 791. The number of hydrogen-bond donors (Lipinski definition) is 0. The Morgan fingerprint density at radius 3 is 2.48 bits per heavy atom. The van der Waals surface area contributed by atoms with Crippen molar-refractivity contribution in [3.63, 3.8) is 0 Å². The molecule has 1 aromatic carbocycles. The number of pyridine rings is 1. The molecule has 4 nitrogen and oxygen atoms in total. The van der Waals surface area contributed by atoms with Gasteiger partial charge in [0.1, 0.15) is 11.6 Å². The Labute approximate surface area is 124 Å². The van der Waals surface area contributed by atoms with E-state index in [2.05, 4.69) is 28.4 Å². The molecule has 0 unspecified atom stereocenters. The number of aromatic nitrogens is 3. The summed E-state index contributed by atoms with van der Waals surface area (Å²) in [6.45, 7) is 10.6. The van der Waals surface area contributed by atoms with Gasteiger partial charge in [-0.2, -0.15) is 0 Å². The second kappa shape index (κ2) is 5.20. The zero-order valence-corrected chi connectivity index (χ0v) is 12.6. The lowest BCUT2D eigenvalue weighted by molar-refractivity contribution is 0.466. The molecule has 107 valence electrons. The van der Waals surface area contributed by atoms with E-state index in [1.807, 2.05) is 44.2 Å². The quantitative estimate of drug-likeness (QED) is 0.728. The van der Waals surface area contributed by atoms with Gasteiger partial charge in [-0.25, -0.2) is 9.97 Å². The van der Waals surface area contributed by atoms with E-state index in [0.717, 1.165) is 33.9 Å².